The van der Waals surface area contributed by atoms with Crippen molar-refractivity contribution < 1.29 is 54.5 Å². The minimum atomic E-state index is -4.33. The normalized spacial score (nSPS) is 14.5. The van der Waals surface area contributed by atoms with Gasteiger partial charge in [-0.05, 0) is 6.42 Å². The quantitative estimate of drug-likeness (QED) is 0.129. The summed E-state index contributed by atoms with van der Waals surface area (Å²) in [5.74, 6) is -5.14. The molecular weight excluding hydrogens is 474 g/mol. The van der Waals surface area contributed by atoms with Crippen LogP contribution in [-0.2, 0) is 43.5 Å². The first-order valence-corrected chi connectivity index (χ1v) is 12.7. The summed E-state index contributed by atoms with van der Waals surface area (Å²) in [6.07, 6.45) is -2.66. The lowest BCUT2D eigenvalue weighted by atomic mass is 9.79. The molecule has 0 aromatic rings. The smallest absolute Gasteiger partial charge is 0.410 e. The SMILES string of the molecule is CC(OC(=O)NC[C@@H](C(=O)O)C(C)(C)COS(=O)(=O)CCCS(=O)(=O)O)OC(=O)C(C)C. The van der Waals surface area contributed by atoms with Crippen LogP contribution >= 0.6 is 0 Å². The molecule has 0 bridgehead atoms. The number of carboxylic acids is 1. The number of esters is 1. The zero-order valence-corrected chi connectivity index (χ0v) is 20.2. The molecule has 2 atom stereocenters. The number of nitrogens with one attached hydrogen (secondary N) is 1. The van der Waals surface area contributed by atoms with Crippen molar-refractivity contribution in [3.8, 4) is 0 Å². The second-order valence-corrected chi connectivity index (χ2v) is 11.3. The zero-order valence-electron chi connectivity index (χ0n) is 18.6. The minimum absolute atomic E-state index is 0.406. The summed E-state index contributed by atoms with van der Waals surface area (Å²) in [6, 6.07) is 0. The Balaban J connectivity index is 4.84. The molecule has 0 aromatic heterocycles. The minimum Gasteiger partial charge on any atom is -0.481 e. The standard InChI is InChI=1S/C17H31NO12S2/c1-11(2)15(21)29-12(3)30-16(22)18-9-13(14(19)20)17(4,5)10-28-32(26,27)8-6-7-31(23,24)25/h11-13H,6-10H2,1-5H3,(H,18,22)(H,19,20)(H,23,24,25)/t12?,13-/m0/s1. The fraction of sp³-hybridized carbons (Fsp3) is 0.824. The number of aliphatic carboxylic acids is 1. The Labute approximate surface area is 187 Å². The summed E-state index contributed by atoms with van der Waals surface area (Å²) in [7, 11) is -8.52. The summed E-state index contributed by atoms with van der Waals surface area (Å²) in [5, 5.41) is 11.7. The molecule has 32 heavy (non-hydrogen) atoms. The van der Waals surface area contributed by atoms with Crippen molar-refractivity contribution in [3.05, 3.63) is 0 Å². The number of hydrogen-bond donors (Lipinski definition) is 3. The van der Waals surface area contributed by atoms with Crippen LogP contribution in [0.5, 0.6) is 0 Å². The maximum atomic E-state index is 11.9. The highest BCUT2D eigenvalue weighted by atomic mass is 32.2. The van der Waals surface area contributed by atoms with Gasteiger partial charge in [-0.25, -0.2) is 4.79 Å². The second kappa shape index (κ2) is 12.3. The van der Waals surface area contributed by atoms with E-state index in [0.717, 1.165) is 0 Å². The first-order chi connectivity index (χ1) is 14.4. The number of carboxylic acid groups (broad SMARTS) is 1. The van der Waals surface area contributed by atoms with E-state index in [0.29, 0.717) is 0 Å². The lowest BCUT2D eigenvalue weighted by Gasteiger charge is -2.31. The van der Waals surface area contributed by atoms with Crippen molar-refractivity contribution in [3.63, 3.8) is 0 Å². The average Bonchev–Trinajstić information content (AvgIpc) is 2.58. The molecule has 13 nitrogen and oxygen atoms in total. The van der Waals surface area contributed by atoms with Gasteiger partial charge in [0, 0.05) is 18.9 Å². The third kappa shape index (κ3) is 12.8. The number of alkyl carbamates (subject to hydrolysis) is 1. The van der Waals surface area contributed by atoms with Gasteiger partial charge in [-0.2, -0.15) is 16.8 Å². The number of hydrogen-bond acceptors (Lipinski definition) is 10. The Kier molecular flexibility index (Phi) is 11.6. The zero-order chi connectivity index (χ0) is 25.3. The van der Waals surface area contributed by atoms with E-state index in [9.17, 15) is 36.3 Å². The fourth-order valence-electron chi connectivity index (χ4n) is 2.22. The number of carbonyl (C=O) groups excluding carboxylic acids is 2. The van der Waals surface area contributed by atoms with E-state index >= 15 is 0 Å². The van der Waals surface area contributed by atoms with Crippen molar-refractivity contribution in [1.29, 1.82) is 0 Å². The predicted molar refractivity (Wildman–Crippen MR) is 111 cm³/mol. The van der Waals surface area contributed by atoms with Gasteiger partial charge in [-0.15, -0.1) is 0 Å². The van der Waals surface area contributed by atoms with E-state index in [4.69, 9.17) is 18.2 Å². The van der Waals surface area contributed by atoms with E-state index in [1.807, 2.05) is 0 Å². The van der Waals surface area contributed by atoms with Gasteiger partial charge in [0.15, 0.2) is 0 Å². The van der Waals surface area contributed by atoms with E-state index in [-0.39, 0.29) is 0 Å². The van der Waals surface area contributed by atoms with Crippen molar-refractivity contribution in [2.75, 3.05) is 24.7 Å². The summed E-state index contributed by atoms with van der Waals surface area (Å²) in [5.41, 5.74) is -1.29. The van der Waals surface area contributed by atoms with Crippen LogP contribution in [0.2, 0.25) is 0 Å². The Bertz CT molecular complexity index is 864. The molecule has 0 aliphatic heterocycles. The maximum absolute atomic E-state index is 11.9. The van der Waals surface area contributed by atoms with Gasteiger partial charge in [0.2, 0.25) is 6.29 Å². The molecule has 1 unspecified atom stereocenters. The Hall–Kier alpha value is -1.97. The van der Waals surface area contributed by atoms with E-state index < -0.39 is 92.9 Å². The Morgan fingerprint density at radius 1 is 1.00 bits per heavy atom. The highest BCUT2D eigenvalue weighted by molar-refractivity contribution is 7.87. The Morgan fingerprint density at radius 3 is 2.03 bits per heavy atom. The first kappa shape index (κ1) is 30.0. The van der Waals surface area contributed by atoms with Crippen molar-refractivity contribution >= 4 is 38.3 Å². The van der Waals surface area contributed by atoms with Gasteiger partial charge in [-0.3, -0.25) is 18.3 Å². The first-order valence-electron chi connectivity index (χ1n) is 9.56. The molecule has 0 radical (unpaired) electrons. The number of carbonyl (C=O) groups is 3. The number of rotatable bonds is 14. The summed E-state index contributed by atoms with van der Waals surface area (Å²) >= 11 is 0. The summed E-state index contributed by atoms with van der Waals surface area (Å²) in [6.45, 7) is 6.27. The molecule has 0 fully saturated rings. The molecular formula is C17H31NO12S2. The molecule has 0 spiro atoms. The highest BCUT2D eigenvalue weighted by Crippen LogP contribution is 2.28. The molecule has 3 N–H and O–H groups in total. The van der Waals surface area contributed by atoms with Crippen LogP contribution in [0.15, 0.2) is 0 Å². The van der Waals surface area contributed by atoms with Gasteiger partial charge >= 0.3 is 18.0 Å². The van der Waals surface area contributed by atoms with Crippen LogP contribution < -0.4 is 5.32 Å². The molecule has 0 heterocycles. The molecule has 0 saturated carbocycles. The monoisotopic (exact) mass is 505 g/mol. The van der Waals surface area contributed by atoms with Gasteiger partial charge in [-0.1, -0.05) is 27.7 Å². The van der Waals surface area contributed by atoms with Gasteiger partial charge in [0.25, 0.3) is 20.2 Å². The third-order valence-electron chi connectivity index (χ3n) is 4.13. The largest absolute Gasteiger partial charge is 0.481 e. The van der Waals surface area contributed by atoms with E-state index in [1.165, 1.54) is 20.8 Å². The van der Waals surface area contributed by atoms with Crippen molar-refractivity contribution in [2.45, 2.75) is 47.3 Å². The van der Waals surface area contributed by atoms with Gasteiger partial charge < -0.3 is 19.9 Å². The average molecular weight is 506 g/mol. The molecule has 0 rings (SSSR count). The molecule has 0 aliphatic carbocycles. The van der Waals surface area contributed by atoms with Crippen LogP contribution in [0.25, 0.3) is 0 Å². The van der Waals surface area contributed by atoms with Crippen LogP contribution in [0.1, 0.15) is 41.0 Å². The lowest BCUT2D eigenvalue weighted by Crippen LogP contribution is -2.44. The van der Waals surface area contributed by atoms with Crippen LogP contribution in [-0.4, -0.2) is 75.5 Å². The fourth-order valence-corrected chi connectivity index (χ4v) is 4.01. The molecule has 188 valence electrons. The van der Waals surface area contributed by atoms with Crippen LogP contribution in [0, 0.1) is 17.3 Å². The summed E-state index contributed by atoms with van der Waals surface area (Å²) in [4.78, 5) is 35.0. The molecule has 0 saturated heterocycles. The van der Waals surface area contributed by atoms with Crippen LogP contribution in [0.3, 0.4) is 0 Å². The van der Waals surface area contributed by atoms with Gasteiger partial charge in [0.1, 0.15) is 0 Å². The lowest BCUT2D eigenvalue weighted by molar-refractivity contribution is -0.168. The van der Waals surface area contributed by atoms with Crippen molar-refractivity contribution in [1.82, 2.24) is 5.32 Å². The molecule has 0 aliphatic rings. The topological polar surface area (TPSA) is 200 Å². The highest BCUT2D eigenvalue weighted by Gasteiger charge is 2.37. The number of ether oxygens (including phenoxy) is 2. The summed E-state index contributed by atoms with van der Waals surface area (Å²) < 4.78 is 68.2. The predicted octanol–water partition coefficient (Wildman–Crippen LogP) is 0.609. The maximum Gasteiger partial charge on any atom is 0.410 e. The van der Waals surface area contributed by atoms with Gasteiger partial charge in [0.05, 0.1) is 29.9 Å². The Morgan fingerprint density at radius 2 is 1.56 bits per heavy atom. The molecule has 15 heteroatoms. The van der Waals surface area contributed by atoms with E-state index in [2.05, 4.69) is 5.32 Å². The number of amides is 1. The van der Waals surface area contributed by atoms with Crippen LogP contribution in [0.4, 0.5) is 4.79 Å². The second-order valence-electron chi connectivity index (χ2n) is 7.99. The van der Waals surface area contributed by atoms with Crippen molar-refractivity contribution in [2.24, 2.45) is 17.3 Å². The molecule has 0 aromatic carbocycles. The molecule has 1 amide bonds. The third-order valence-corrected chi connectivity index (χ3v) is 6.20. The van der Waals surface area contributed by atoms with E-state index in [1.54, 1.807) is 13.8 Å².